The van der Waals surface area contributed by atoms with Crippen molar-refractivity contribution in [3.63, 3.8) is 0 Å². The third kappa shape index (κ3) is 4.10. The van der Waals surface area contributed by atoms with Crippen LogP contribution in [0.5, 0.6) is 0 Å². The zero-order chi connectivity index (χ0) is 13.5. The summed E-state index contributed by atoms with van der Waals surface area (Å²) in [5, 5.41) is 6.08. The van der Waals surface area contributed by atoms with Gasteiger partial charge < -0.3 is 10.6 Å². The number of benzene rings is 1. The molecule has 0 saturated heterocycles. The number of carbonyl (C=O) groups is 1. The summed E-state index contributed by atoms with van der Waals surface area (Å²) in [5.41, 5.74) is 3.02. The van der Waals surface area contributed by atoms with E-state index in [2.05, 4.69) is 15.6 Å². The Morgan fingerprint density at radius 3 is 2.63 bits per heavy atom. The van der Waals surface area contributed by atoms with E-state index >= 15 is 0 Å². The Labute approximate surface area is 112 Å². The van der Waals surface area contributed by atoms with Crippen LogP contribution in [0, 0.1) is 6.92 Å². The molecular formula is C15H17N3O. The summed E-state index contributed by atoms with van der Waals surface area (Å²) in [6, 6.07) is 11.6. The second-order valence-corrected chi connectivity index (χ2v) is 4.28. The van der Waals surface area contributed by atoms with Crippen LogP contribution in [0.1, 0.15) is 12.0 Å². The molecule has 2 aromatic rings. The predicted molar refractivity (Wildman–Crippen MR) is 77.2 cm³/mol. The summed E-state index contributed by atoms with van der Waals surface area (Å²) in [6.45, 7) is 2.65. The van der Waals surface area contributed by atoms with E-state index in [0.29, 0.717) is 13.0 Å². The molecule has 1 aromatic carbocycles. The molecule has 1 heterocycles. The number of amides is 1. The fraction of sp³-hybridized carbons (Fsp3) is 0.200. The Morgan fingerprint density at radius 1 is 1.16 bits per heavy atom. The summed E-state index contributed by atoms with van der Waals surface area (Å²) >= 11 is 0. The Hall–Kier alpha value is -2.36. The highest BCUT2D eigenvalue weighted by atomic mass is 16.1. The normalized spacial score (nSPS) is 9.95. The number of hydrogen-bond donors (Lipinski definition) is 2. The van der Waals surface area contributed by atoms with Crippen molar-refractivity contribution in [2.45, 2.75) is 13.3 Å². The van der Waals surface area contributed by atoms with Crippen molar-refractivity contribution in [3.8, 4) is 0 Å². The van der Waals surface area contributed by atoms with Gasteiger partial charge in [0, 0.05) is 36.7 Å². The van der Waals surface area contributed by atoms with Crippen LogP contribution in [0.25, 0.3) is 0 Å². The molecule has 0 saturated carbocycles. The summed E-state index contributed by atoms with van der Waals surface area (Å²) < 4.78 is 0. The van der Waals surface area contributed by atoms with Crippen molar-refractivity contribution in [1.82, 2.24) is 4.98 Å². The number of nitrogens with zero attached hydrogens (tertiary/aromatic N) is 1. The molecule has 0 aliphatic rings. The topological polar surface area (TPSA) is 54.0 Å². The molecule has 1 aromatic heterocycles. The minimum atomic E-state index is -0.00714. The maximum absolute atomic E-state index is 11.7. The average molecular weight is 255 g/mol. The molecule has 0 spiro atoms. The number of aryl methyl sites for hydroxylation is 1. The van der Waals surface area contributed by atoms with E-state index in [1.807, 2.05) is 31.2 Å². The van der Waals surface area contributed by atoms with E-state index in [1.54, 1.807) is 24.5 Å². The zero-order valence-electron chi connectivity index (χ0n) is 10.9. The largest absolute Gasteiger partial charge is 0.384 e. The second-order valence-electron chi connectivity index (χ2n) is 4.28. The van der Waals surface area contributed by atoms with Crippen LogP contribution in [0.15, 0.2) is 48.8 Å². The monoisotopic (exact) mass is 255 g/mol. The van der Waals surface area contributed by atoms with Gasteiger partial charge in [-0.25, -0.2) is 0 Å². The van der Waals surface area contributed by atoms with E-state index in [4.69, 9.17) is 0 Å². The molecule has 0 aliphatic carbocycles. The third-order valence-corrected chi connectivity index (χ3v) is 2.78. The van der Waals surface area contributed by atoms with Gasteiger partial charge in [-0.3, -0.25) is 9.78 Å². The number of anilines is 2. The van der Waals surface area contributed by atoms with E-state index < -0.39 is 0 Å². The zero-order valence-corrected chi connectivity index (χ0v) is 10.9. The molecular weight excluding hydrogens is 238 g/mol. The maximum atomic E-state index is 11.7. The first kappa shape index (κ1) is 13.1. The lowest BCUT2D eigenvalue weighted by Crippen LogP contribution is -2.16. The lowest BCUT2D eigenvalue weighted by atomic mass is 10.2. The summed E-state index contributed by atoms with van der Waals surface area (Å²) in [6.07, 6.45) is 3.74. The fourth-order valence-electron chi connectivity index (χ4n) is 1.74. The molecule has 0 fully saturated rings. The standard InChI is InChI=1S/C15H17N3O/c1-12-4-2-3-5-14(12)17-11-8-15(19)18-13-6-9-16-10-7-13/h2-7,9-10,17H,8,11H2,1H3,(H,16,18,19). The number of rotatable bonds is 5. The van der Waals surface area contributed by atoms with Crippen molar-refractivity contribution in [1.29, 1.82) is 0 Å². The average Bonchev–Trinajstić information content (AvgIpc) is 2.42. The molecule has 1 amide bonds. The van der Waals surface area contributed by atoms with Gasteiger partial charge in [0.25, 0.3) is 0 Å². The van der Waals surface area contributed by atoms with Crippen molar-refractivity contribution in [2.75, 3.05) is 17.2 Å². The number of aromatic nitrogens is 1. The van der Waals surface area contributed by atoms with Crippen LogP contribution in [-0.4, -0.2) is 17.4 Å². The molecule has 0 unspecified atom stereocenters. The van der Waals surface area contributed by atoms with Gasteiger partial charge in [0.15, 0.2) is 0 Å². The maximum Gasteiger partial charge on any atom is 0.226 e. The van der Waals surface area contributed by atoms with Crippen LogP contribution in [0.2, 0.25) is 0 Å². The van der Waals surface area contributed by atoms with Crippen LogP contribution in [0.4, 0.5) is 11.4 Å². The molecule has 0 bridgehead atoms. The smallest absolute Gasteiger partial charge is 0.226 e. The molecule has 4 nitrogen and oxygen atoms in total. The molecule has 4 heteroatoms. The van der Waals surface area contributed by atoms with Crippen LogP contribution >= 0.6 is 0 Å². The molecule has 0 aliphatic heterocycles. The first-order valence-electron chi connectivity index (χ1n) is 6.25. The molecule has 0 radical (unpaired) electrons. The van der Waals surface area contributed by atoms with Gasteiger partial charge in [-0.05, 0) is 30.7 Å². The second kappa shape index (κ2) is 6.54. The fourth-order valence-corrected chi connectivity index (χ4v) is 1.74. The highest BCUT2D eigenvalue weighted by molar-refractivity contribution is 5.90. The molecule has 19 heavy (non-hydrogen) atoms. The Kier molecular flexibility index (Phi) is 4.50. The van der Waals surface area contributed by atoms with Crippen LogP contribution < -0.4 is 10.6 Å². The van der Waals surface area contributed by atoms with Crippen LogP contribution in [0.3, 0.4) is 0 Å². The number of para-hydroxylation sites is 1. The van der Waals surface area contributed by atoms with Crippen LogP contribution in [-0.2, 0) is 4.79 Å². The van der Waals surface area contributed by atoms with Crippen molar-refractivity contribution in [3.05, 3.63) is 54.4 Å². The van der Waals surface area contributed by atoms with Crippen molar-refractivity contribution in [2.24, 2.45) is 0 Å². The number of pyridine rings is 1. The Morgan fingerprint density at radius 2 is 1.89 bits per heavy atom. The van der Waals surface area contributed by atoms with E-state index in [0.717, 1.165) is 11.4 Å². The lowest BCUT2D eigenvalue weighted by molar-refractivity contribution is -0.115. The SMILES string of the molecule is Cc1ccccc1NCCC(=O)Nc1ccncc1. The van der Waals surface area contributed by atoms with Gasteiger partial charge in [-0.2, -0.15) is 0 Å². The summed E-state index contributed by atoms with van der Waals surface area (Å²) in [7, 11) is 0. The van der Waals surface area contributed by atoms with Gasteiger partial charge >= 0.3 is 0 Å². The molecule has 98 valence electrons. The van der Waals surface area contributed by atoms with E-state index in [1.165, 1.54) is 5.56 Å². The highest BCUT2D eigenvalue weighted by Gasteiger charge is 2.02. The molecule has 2 N–H and O–H groups in total. The van der Waals surface area contributed by atoms with Crippen molar-refractivity contribution < 1.29 is 4.79 Å². The first-order chi connectivity index (χ1) is 9.25. The van der Waals surface area contributed by atoms with E-state index in [-0.39, 0.29) is 5.91 Å². The van der Waals surface area contributed by atoms with Gasteiger partial charge in [-0.15, -0.1) is 0 Å². The number of carbonyl (C=O) groups excluding carboxylic acids is 1. The number of nitrogens with one attached hydrogen (secondary N) is 2. The minimum Gasteiger partial charge on any atom is -0.384 e. The Balaban J connectivity index is 1.77. The van der Waals surface area contributed by atoms with Gasteiger partial charge in [0.1, 0.15) is 0 Å². The predicted octanol–water partition coefficient (Wildman–Crippen LogP) is 2.83. The summed E-state index contributed by atoms with van der Waals surface area (Å²) in [5.74, 6) is -0.00714. The van der Waals surface area contributed by atoms with Gasteiger partial charge in [-0.1, -0.05) is 18.2 Å². The molecule has 2 rings (SSSR count). The quantitative estimate of drug-likeness (QED) is 0.863. The van der Waals surface area contributed by atoms with E-state index in [9.17, 15) is 4.79 Å². The lowest BCUT2D eigenvalue weighted by Gasteiger charge is -2.09. The third-order valence-electron chi connectivity index (χ3n) is 2.78. The van der Waals surface area contributed by atoms with Crippen molar-refractivity contribution >= 4 is 17.3 Å². The first-order valence-corrected chi connectivity index (χ1v) is 6.25. The van der Waals surface area contributed by atoms with Gasteiger partial charge in [0.05, 0.1) is 0 Å². The minimum absolute atomic E-state index is 0.00714. The highest BCUT2D eigenvalue weighted by Crippen LogP contribution is 2.12. The summed E-state index contributed by atoms with van der Waals surface area (Å²) in [4.78, 5) is 15.6. The molecule has 0 atom stereocenters. The van der Waals surface area contributed by atoms with Gasteiger partial charge in [0.2, 0.25) is 5.91 Å². The Bertz CT molecular complexity index is 540. The number of hydrogen-bond acceptors (Lipinski definition) is 3.